The van der Waals surface area contributed by atoms with E-state index in [2.05, 4.69) is 3.97 Å². The fourth-order valence-corrected chi connectivity index (χ4v) is 5.20. The Kier molecular flexibility index (Phi) is 6.98. The standard InChI is InChI=1S/C5H18O6P2S/c1-4-9-12(6,5-2)10-13(7,8)11-14-3/h6-8,12-13H,4-5H2,1-3H3. The third-order valence-electron chi connectivity index (χ3n) is 1.30. The molecular weight excluding hydrogens is 250 g/mol. The Labute approximate surface area is 89.0 Å². The molecule has 3 N–H and O–H groups in total. The summed E-state index contributed by atoms with van der Waals surface area (Å²) in [6.07, 6.45) is 1.72. The Morgan fingerprint density at radius 3 is 2.14 bits per heavy atom. The molecule has 0 rings (SSSR count). The third kappa shape index (κ3) is 5.75. The van der Waals surface area contributed by atoms with Crippen LogP contribution in [0, 0.1) is 0 Å². The molecule has 0 aliphatic rings. The first-order valence-electron chi connectivity index (χ1n) is 4.12. The van der Waals surface area contributed by atoms with E-state index >= 15 is 0 Å². The van der Waals surface area contributed by atoms with Crippen LogP contribution in [0.15, 0.2) is 0 Å². The molecule has 0 aliphatic carbocycles. The van der Waals surface area contributed by atoms with Gasteiger partial charge in [0.15, 0.2) is 0 Å². The van der Waals surface area contributed by atoms with Gasteiger partial charge < -0.3 is 0 Å². The monoisotopic (exact) mass is 268 g/mol. The second-order valence-electron chi connectivity index (χ2n) is 2.40. The van der Waals surface area contributed by atoms with Crippen LogP contribution in [0.4, 0.5) is 0 Å². The van der Waals surface area contributed by atoms with Gasteiger partial charge in [-0.3, -0.25) is 0 Å². The summed E-state index contributed by atoms with van der Waals surface area (Å²) >= 11 is 0.770. The van der Waals surface area contributed by atoms with E-state index in [0.29, 0.717) is 0 Å². The van der Waals surface area contributed by atoms with E-state index in [-0.39, 0.29) is 12.8 Å². The van der Waals surface area contributed by atoms with Gasteiger partial charge in [-0.1, -0.05) is 0 Å². The van der Waals surface area contributed by atoms with Crippen LogP contribution in [-0.2, 0) is 12.8 Å². The predicted octanol–water partition coefficient (Wildman–Crippen LogP) is 1.24. The van der Waals surface area contributed by atoms with Gasteiger partial charge in [0.05, 0.1) is 0 Å². The summed E-state index contributed by atoms with van der Waals surface area (Å²) in [5.41, 5.74) is 0. The molecule has 90 valence electrons. The summed E-state index contributed by atoms with van der Waals surface area (Å²) in [5.74, 6) is 0. The van der Waals surface area contributed by atoms with Crippen molar-refractivity contribution in [1.82, 2.24) is 0 Å². The third-order valence-corrected chi connectivity index (χ3v) is 6.81. The van der Waals surface area contributed by atoms with Gasteiger partial charge in [0.25, 0.3) is 0 Å². The summed E-state index contributed by atoms with van der Waals surface area (Å²) in [6.45, 7) is 3.58. The maximum atomic E-state index is 9.70. The molecule has 0 aromatic carbocycles. The van der Waals surface area contributed by atoms with E-state index in [1.807, 2.05) is 0 Å². The van der Waals surface area contributed by atoms with E-state index in [1.54, 1.807) is 13.8 Å². The van der Waals surface area contributed by atoms with Crippen molar-refractivity contribution >= 4 is 28.2 Å². The molecule has 9 heteroatoms. The van der Waals surface area contributed by atoms with Crippen molar-refractivity contribution in [1.29, 1.82) is 0 Å². The molecule has 0 unspecified atom stereocenters. The Morgan fingerprint density at radius 2 is 1.79 bits per heavy atom. The molecule has 0 aromatic heterocycles. The van der Waals surface area contributed by atoms with Crippen LogP contribution < -0.4 is 0 Å². The summed E-state index contributed by atoms with van der Waals surface area (Å²) < 4.78 is 14.2. The molecule has 0 saturated carbocycles. The van der Waals surface area contributed by atoms with Crippen LogP contribution in [0.1, 0.15) is 13.8 Å². The Morgan fingerprint density at radius 1 is 1.21 bits per heavy atom. The van der Waals surface area contributed by atoms with Crippen molar-refractivity contribution in [2.45, 2.75) is 13.8 Å². The van der Waals surface area contributed by atoms with Crippen LogP contribution >= 0.6 is 28.2 Å². The molecule has 0 fully saturated rings. The zero-order valence-electron chi connectivity index (χ0n) is 8.39. The fourth-order valence-electron chi connectivity index (χ4n) is 0.763. The van der Waals surface area contributed by atoms with Gasteiger partial charge in [-0.15, -0.1) is 0 Å². The molecule has 0 aliphatic heterocycles. The normalized spacial score (nSPS) is 15.6. The van der Waals surface area contributed by atoms with Crippen LogP contribution in [0.25, 0.3) is 0 Å². The second kappa shape index (κ2) is 6.53. The van der Waals surface area contributed by atoms with E-state index in [9.17, 15) is 14.7 Å². The summed E-state index contributed by atoms with van der Waals surface area (Å²) in [6, 6.07) is 0. The molecule has 0 amide bonds. The van der Waals surface area contributed by atoms with Gasteiger partial charge in [0.1, 0.15) is 0 Å². The molecule has 0 aromatic rings. The zero-order chi connectivity index (χ0) is 11.2. The summed E-state index contributed by atoms with van der Waals surface area (Å²) in [4.78, 5) is 28.2. The SMILES string of the molecule is CCO[PH](O)(CC)O[PH](O)(O)OSC. The number of hydrogen-bond donors (Lipinski definition) is 3. The second-order valence-corrected chi connectivity index (χ2v) is 7.73. The first-order chi connectivity index (χ1) is 6.39. The van der Waals surface area contributed by atoms with Crippen molar-refractivity contribution < 1.29 is 27.5 Å². The average Bonchev–Trinajstić information content (AvgIpc) is 2.03. The molecule has 0 radical (unpaired) electrons. The molecule has 0 spiro atoms. The van der Waals surface area contributed by atoms with Crippen molar-refractivity contribution in [3.63, 3.8) is 0 Å². The zero-order valence-corrected chi connectivity index (χ0v) is 11.2. The number of hydrogen-bond acceptors (Lipinski definition) is 7. The molecule has 14 heavy (non-hydrogen) atoms. The average molecular weight is 268 g/mol. The molecule has 0 saturated heterocycles. The minimum atomic E-state index is -4.25. The molecule has 6 nitrogen and oxygen atoms in total. The van der Waals surface area contributed by atoms with Crippen LogP contribution in [-0.4, -0.2) is 33.7 Å². The quantitative estimate of drug-likeness (QED) is 0.472. The number of rotatable bonds is 7. The van der Waals surface area contributed by atoms with Crippen LogP contribution in [0.3, 0.4) is 0 Å². The van der Waals surface area contributed by atoms with Crippen molar-refractivity contribution in [3.05, 3.63) is 0 Å². The van der Waals surface area contributed by atoms with E-state index < -0.39 is 16.1 Å². The minimum absolute atomic E-state index is 0.203. The van der Waals surface area contributed by atoms with E-state index in [1.165, 1.54) is 6.26 Å². The van der Waals surface area contributed by atoms with Gasteiger partial charge in [0.2, 0.25) is 0 Å². The van der Waals surface area contributed by atoms with Gasteiger partial charge in [-0.25, -0.2) is 0 Å². The van der Waals surface area contributed by atoms with Crippen molar-refractivity contribution in [2.75, 3.05) is 19.0 Å². The van der Waals surface area contributed by atoms with Gasteiger partial charge in [-0.2, -0.15) is 0 Å². The molecule has 0 bridgehead atoms. The maximum absolute atomic E-state index is 9.70. The Balaban J connectivity index is 4.28. The Bertz CT molecular complexity index is 170. The first kappa shape index (κ1) is 15.0. The fraction of sp³-hybridized carbons (Fsp3) is 1.00. The van der Waals surface area contributed by atoms with Crippen LogP contribution in [0.5, 0.6) is 0 Å². The van der Waals surface area contributed by atoms with E-state index in [0.717, 1.165) is 12.0 Å². The first-order valence-corrected chi connectivity index (χ1v) is 8.95. The van der Waals surface area contributed by atoms with Crippen molar-refractivity contribution in [2.24, 2.45) is 0 Å². The van der Waals surface area contributed by atoms with Gasteiger partial charge >= 0.3 is 88.5 Å². The molecular formula is C5H18O6P2S. The summed E-state index contributed by atoms with van der Waals surface area (Å²) in [7, 11) is -7.72. The molecule has 0 atom stereocenters. The van der Waals surface area contributed by atoms with Crippen LogP contribution in [0.2, 0.25) is 0 Å². The van der Waals surface area contributed by atoms with Crippen molar-refractivity contribution in [3.8, 4) is 0 Å². The van der Waals surface area contributed by atoms with Gasteiger partial charge in [0, 0.05) is 0 Å². The Hall–Kier alpha value is 0.970. The predicted molar refractivity (Wildman–Crippen MR) is 61.1 cm³/mol. The summed E-state index contributed by atoms with van der Waals surface area (Å²) in [5, 5.41) is 0. The topological polar surface area (TPSA) is 88.4 Å². The molecule has 0 heterocycles. The van der Waals surface area contributed by atoms with Gasteiger partial charge in [-0.05, 0) is 0 Å². The van der Waals surface area contributed by atoms with E-state index in [4.69, 9.17) is 8.83 Å².